The number of hydrogen-bond acceptors (Lipinski definition) is 5. The zero-order valence-corrected chi connectivity index (χ0v) is 30.0. The van der Waals surface area contributed by atoms with E-state index in [4.69, 9.17) is 19.4 Å². The molecule has 0 amide bonds. The Morgan fingerprint density at radius 3 is 1.80 bits per heavy atom. The van der Waals surface area contributed by atoms with E-state index in [1.807, 2.05) is 73.1 Å². The molecular formula is C50H31N5O. The van der Waals surface area contributed by atoms with Gasteiger partial charge in [-0.2, -0.15) is 0 Å². The van der Waals surface area contributed by atoms with Crippen molar-refractivity contribution in [1.82, 2.24) is 24.5 Å². The van der Waals surface area contributed by atoms with Crippen LogP contribution < -0.4 is 0 Å². The fourth-order valence-electron chi connectivity index (χ4n) is 7.91. The van der Waals surface area contributed by atoms with Gasteiger partial charge in [0.05, 0.1) is 28.1 Å². The maximum absolute atomic E-state index is 6.55. The molecule has 0 bridgehead atoms. The first-order chi connectivity index (χ1) is 27.7. The second-order valence-electron chi connectivity index (χ2n) is 13.9. The van der Waals surface area contributed by atoms with Crippen LogP contribution in [0.4, 0.5) is 0 Å². The number of fused-ring (bicyclic) bond motifs is 6. The van der Waals surface area contributed by atoms with E-state index in [1.54, 1.807) is 0 Å². The van der Waals surface area contributed by atoms with Crippen molar-refractivity contribution in [2.24, 2.45) is 0 Å². The molecule has 0 unspecified atom stereocenters. The molecule has 0 saturated heterocycles. The zero-order chi connectivity index (χ0) is 37.0. The summed E-state index contributed by atoms with van der Waals surface area (Å²) in [6.07, 6.45) is 3.69. The number of furan rings is 1. The number of para-hydroxylation sites is 3. The third kappa shape index (κ3) is 5.35. The molecule has 0 spiro atoms. The molecule has 0 aliphatic carbocycles. The molecule has 0 aliphatic rings. The van der Waals surface area contributed by atoms with Crippen molar-refractivity contribution in [2.75, 3.05) is 0 Å². The minimum atomic E-state index is 0.614. The zero-order valence-electron chi connectivity index (χ0n) is 30.0. The van der Waals surface area contributed by atoms with Gasteiger partial charge in [0.15, 0.2) is 11.4 Å². The Kier molecular flexibility index (Phi) is 7.38. The minimum absolute atomic E-state index is 0.614. The summed E-state index contributed by atoms with van der Waals surface area (Å²) in [6.45, 7) is 0. The topological polar surface area (TPSA) is 69.6 Å². The van der Waals surface area contributed by atoms with Gasteiger partial charge in [-0.1, -0.05) is 103 Å². The van der Waals surface area contributed by atoms with Crippen LogP contribution in [0.3, 0.4) is 0 Å². The minimum Gasteiger partial charge on any atom is -0.454 e. The number of hydrogen-bond donors (Lipinski definition) is 0. The molecule has 0 saturated carbocycles. The highest BCUT2D eigenvalue weighted by Gasteiger charge is 2.19. The molecule has 0 aliphatic heterocycles. The average molecular weight is 718 g/mol. The first-order valence-electron chi connectivity index (χ1n) is 18.6. The van der Waals surface area contributed by atoms with Crippen LogP contribution >= 0.6 is 0 Å². The fraction of sp³-hybridized carbons (Fsp3) is 0. The van der Waals surface area contributed by atoms with Crippen LogP contribution in [0.5, 0.6) is 0 Å². The summed E-state index contributed by atoms with van der Waals surface area (Å²) in [7, 11) is 0. The lowest BCUT2D eigenvalue weighted by Crippen LogP contribution is -1.99. The Morgan fingerprint density at radius 2 is 1.04 bits per heavy atom. The SMILES string of the molecule is c1ccc(-c2cc(-c3cccc(-c4ccccn4)c3)nc(-c3cc(-c4ccnc5c4oc4ccccc45)cc(-n4c5ccccc5c5ccccc54)c3)n2)cc1. The van der Waals surface area contributed by atoms with E-state index >= 15 is 0 Å². The van der Waals surface area contributed by atoms with Gasteiger partial charge in [-0.15, -0.1) is 0 Å². The highest BCUT2D eigenvalue weighted by Crippen LogP contribution is 2.40. The predicted molar refractivity (Wildman–Crippen MR) is 226 cm³/mol. The number of nitrogens with zero attached hydrogens (tertiary/aromatic N) is 5. The van der Waals surface area contributed by atoms with Gasteiger partial charge in [0.2, 0.25) is 0 Å². The molecule has 0 atom stereocenters. The van der Waals surface area contributed by atoms with E-state index in [2.05, 4.69) is 125 Å². The first-order valence-corrected chi connectivity index (χ1v) is 18.6. The lowest BCUT2D eigenvalue weighted by molar-refractivity contribution is 0.669. The Hall–Kier alpha value is -7.70. The second-order valence-corrected chi connectivity index (χ2v) is 13.9. The Balaban J connectivity index is 1.19. The summed E-state index contributed by atoms with van der Waals surface area (Å²) in [5.74, 6) is 0.614. The normalized spacial score (nSPS) is 11.6. The third-order valence-corrected chi connectivity index (χ3v) is 10.5. The van der Waals surface area contributed by atoms with E-state index < -0.39 is 0 Å². The lowest BCUT2D eigenvalue weighted by Gasteiger charge is -2.15. The maximum atomic E-state index is 6.55. The third-order valence-electron chi connectivity index (χ3n) is 10.5. The molecule has 5 heterocycles. The van der Waals surface area contributed by atoms with Crippen molar-refractivity contribution in [1.29, 1.82) is 0 Å². The fourth-order valence-corrected chi connectivity index (χ4v) is 7.91. The van der Waals surface area contributed by atoms with Gasteiger partial charge >= 0.3 is 0 Å². The van der Waals surface area contributed by atoms with Crippen molar-refractivity contribution < 1.29 is 4.42 Å². The Morgan fingerprint density at radius 1 is 0.411 bits per heavy atom. The number of pyridine rings is 2. The lowest BCUT2D eigenvalue weighted by atomic mass is 10.00. The summed E-state index contributed by atoms with van der Waals surface area (Å²) in [5.41, 5.74) is 14.0. The standard InChI is InChI=1S/C50H31N5O/c1-2-13-32(14-3-1)43-31-44(34-16-12-15-33(27-34)42-20-10-11-25-51-42)54-50(53-43)36-28-35(38-24-26-52-48-41-19-6-9-23-47(41)56-49(38)48)29-37(30-36)55-45-21-7-4-17-39(45)40-18-5-8-22-46(40)55/h1-31H. The Labute approximate surface area is 322 Å². The van der Waals surface area contributed by atoms with Crippen molar-refractivity contribution >= 4 is 43.9 Å². The summed E-state index contributed by atoms with van der Waals surface area (Å²) >= 11 is 0. The number of rotatable bonds is 6. The molecule has 5 aromatic heterocycles. The van der Waals surface area contributed by atoms with Gasteiger partial charge in [0.1, 0.15) is 11.1 Å². The van der Waals surface area contributed by atoms with Crippen molar-refractivity contribution in [3.8, 4) is 62.0 Å². The van der Waals surface area contributed by atoms with E-state index in [0.29, 0.717) is 5.82 Å². The summed E-state index contributed by atoms with van der Waals surface area (Å²) < 4.78 is 8.89. The van der Waals surface area contributed by atoms with E-state index in [0.717, 1.165) is 89.3 Å². The number of benzene rings is 6. The molecule has 11 rings (SSSR count). The highest BCUT2D eigenvalue weighted by atomic mass is 16.3. The maximum Gasteiger partial charge on any atom is 0.161 e. The van der Waals surface area contributed by atoms with Gasteiger partial charge in [0, 0.05) is 62.1 Å². The van der Waals surface area contributed by atoms with Crippen LogP contribution in [0.25, 0.3) is 106 Å². The molecule has 56 heavy (non-hydrogen) atoms. The van der Waals surface area contributed by atoms with E-state index in [-0.39, 0.29) is 0 Å². The van der Waals surface area contributed by atoms with Crippen LogP contribution in [0.15, 0.2) is 193 Å². The molecule has 262 valence electrons. The van der Waals surface area contributed by atoms with Crippen LogP contribution in [0.1, 0.15) is 0 Å². The molecule has 0 N–H and O–H groups in total. The van der Waals surface area contributed by atoms with Gasteiger partial charge in [-0.3, -0.25) is 9.97 Å². The van der Waals surface area contributed by atoms with Crippen molar-refractivity contribution in [3.05, 3.63) is 188 Å². The van der Waals surface area contributed by atoms with Crippen molar-refractivity contribution in [3.63, 3.8) is 0 Å². The average Bonchev–Trinajstić information content (AvgIpc) is 3.83. The van der Waals surface area contributed by atoms with Crippen LogP contribution in [-0.4, -0.2) is 24.5 Å². The summed E-state index contributed by atoms with van der Waals surface area (Å²) in [6, 6.07) is 60.6. The van der Waals surface area contributed by atoms with Gasteiger partial charge in [-0.05, 0) is 78.4 Å². The molecule has 6 heteroatoms. The first kappa shape index (κ1) is 31.8. The smallest absolute Gasteiger partial charge is 0.161 e. The van der Waals surface area contributed by atoms with Crippen LogP contribution in [-0.2, 0) is 0 Å². The summed E-state index contributed by atoms with van der Waals surface area (Å²) in [5, 5.41) is 3.37. The van der Waals surface area contributed by atoms with Gasteiger partial charge < -0.3 is 8.98 Å². The quantitative estimate of drug-likeness (QED) is 0.171. The predicted octanol–water partition coefficient (Wildman–Crippen LogP) is 12.6. The molecule has 6 nitrogen and oxygen atoms in total. The molecular weight excluding hydrogens is 687 g/mol. The monoisotopic (exact) mass is 717 g/mol. The molecule has 11 aromatic rings. The number of aromatic nitrogens is 5. The molecule has 0 radical (unpaired) electrons. The van der Waals surface area contributed by atoms with Gasteiger partial charge in [0.25, 0.3) is 0 Å². The second kappa shape index (κ2) is 13.0. The van der Waals surface area contributed by atoms with E-state index in [1.165, 1.54) is 10.8 Å². The van der Waals surface area contributed by atoms with Crippen molar-refractivity contribution in [2.45, 2.75) is 0 Å². The van der Waals surface area contributed by atoms with Crippen LogP contribution in [0.2, 0.25) is 0 Å². The summed E-state index contributed by atoms with van der Waals surface area (Å²) in [4.78, 5) is 20.0. The largest absolute Gasteiger partial charge is 0.454 e. The molecule has 0 fully saturated rings. The van der Waals surface area contributed by atoms with E-state index in [9.17, 15) is 0 Å². The van der Waals surface area contributed by atoms with Crippen LogP contribution in [0, 0.1) is 0 Å². The highest BCUT2D eigenvalue weighted by molar-refractivity contribution is 6.10. The van der Waals surface area contributed by atoms with Gasteiger partial charge in [-0.25, -0.2) is 9.97 Å². The Bertz CT molecular complexity index is 3200. The molecule has 6 aromatic carbocycles.